The summed E-state index contributed by atoms with van der Waals surface area (Å²) in [5, 5.41) is 8.31. The summed E-state index contributed by atoms with van der Waals surface area (Å²) in [6.07, 6.45) is 3.11. The van der Waals surface area contributed by atoms with Crippen molar-refractivity contribution in [1.29, 1.82) is 0 Å². The molecule has 0 aromatic heterocycles. The number of carbonyl (C=O) groups is 6. The first-order chi connectivity index (χ1) is 19.0. The molecule has 2 aliphatic rings. The first kappa shape index (κ1) is 30.6. The largest absolute Gasteiger partial charge is 0.372 e. The Bertz CT molecular complexity index is 1160. The molecule has 5 amide bonds. The number of nitrogens with two attached hydrogens (primary N) is 1. The molecular weight excluding hydrogens is 518 g/mol. The summed E-state index contributed by atoms with van der Waals surface area (Å²) < 4.78 is 5.88. The van der Waals surface area contributed by atoms with Crippen LogP contribution in [0.25, 0.3) is 0 Å². The molecule has 1 aromatic carbocycles. The van der Waals surface area contributed by atoms with Crippen molar-refractivity contribution in [3.63, 3.8) is 0 Å². The number of hydrogen-bond donors (Lipinski definition) is 4. The summed E-state index contributed by atoms with van der Waals surface area (Å²) in [5.74, 6) is -1.31. The minimum atomic E-state index is -0.540. The van der Waals surface area contributed by atoms with Crippen LogP contribution in [0.5, 0.6) is 0 Å². The van der Waals surface area contributed by atoms with Gasteiger partial charge in [-0.3, -0.25) is 33.7 Å². The highest BCUT2D eigenvalue weighted by Gasteiger charge is 2.33. The number of nitrogens with zero attached hydrogens (tertiary/aromatic N) is 1. The number of carbonyl (C=O) groups excluding carboxylic acids is 6. The number of anilines is 1. The van der Waals surface area contributed by atoms with Gasteiger partial charge in [0.05, 0.1) is 12.1 Å². The number of nitrogens with one attached hydrogen (secondary N) is 3. The summed E-state index contributed by atoms with van der Waals surface area (Å²) in [4.78, 5) is 72.5. The molecule has 1 heterocycles. The van der Waals surface area contributed by atoms with Gasteiger partial charge in [-0.15, -0.1) is 0 Å². The Hall–Kier alpha value is -3.90. The van der Waals surface area contributed by atoms with E-state index < -0.39 is 18.2 Å². The molecule has 216 valence electrons. The Balaban J connectivity index is 1.31. The third-order valence-electron chi connectivity index (χ3n) is 6.73. The maximum atomic E-state index is 12.2. The van der Waals surface area contributed by atoms with Gasteiger partial charge < -0.3 is 26.4 Å². The van der Waals surface area contributed by atoms with Gasteiger partial charge in [-0.2, -0.15) is 0 Å². The van der Waals surface area contributed by atoms with Crippen LogP contribution in [0.15, 0.2) is 35.9 Å². The quantitative estimate of drug-likeness (QED) is 0.157. The average Bonchev–Trinajstić information content (AvgIpc) is 2.89. The molecule has 1 aromatic rings. The average molecular weight is 556 g/mol. The Morgan fingerprint density at radius 2 is 1.73 bits per heavy atom. The van der Waals surface area contributed by atoms with Gasteiger partial charge in [-0.05, 0) is 62.1 Å². The molecule has 3 unspecified atom stereocenters. The second-order valence-electron chi connectivity index (χ2n) is 9.96. The maximum Gasteiger partial charge on any atom is 0.260 e. The highest BCUT2D eigenvalue weighted by atomic mass is 16.5. The number of Topliss-reactive ketones (excluding diaryl/α,β-unsaturated/α-hetero) is 1. The summed E-state index contributed by atoms with van der Waals surface area (Å²) in [6.45, 7) is 3.94. The van der Waals surface area contributed by atoms with Crippen LogP contribution in [0.2, 0.25) is 0 Å². The lowest BCUT2D eigenvalue weighted by atomic mass is 9.87. The summed E-state index contributed by atoms with van der Waals surface area (Å²) >= 11 is 0. The zero-order valence-electron chi connectivity index (χ0n) is 22.9. The molecule has 3 atom stereocenters. The first-order valence-electron chi connectivity index (χ1n) is 13.4. The third kappa shape index (κ3) is 8.82. The van der Waals surface area contributed by atoms with Crippen LogP contribution < -0.4 is 21.7 Å². The van der Waals surface area contributed by atoms with Crippen LogP contribution in [0.1, 0.15) is 62.7 Å². The van der Waals surface area contributed by atoms with Gasteiger partial charge in [0, 0.05) is 63.2 Å². The monoisotopic (exact) mass is 555 g/mol. The van der Waals surface area contributed by atoms with Crippen LogP contribution in [-0.2, 0) is 28.7 Å². The molecule has 1 fully saturated rings. The Labute approximate surface area is 233 Å². The minimum Gasteiger partial charge on any atom is -0.372 e. The fourth-order valence-electron chi connectivity index (χ4n) is 4.45. The Kier molecular flexibility index (Phi) is 11.1. The number of β-lactam (4-membered cyclic amide) rings is 1. The molecule has 1 saturated heterocycles. The number of ether oxygens (including phenoxy) is 1. The van der Waals surface area contributed by atoms with Crippen molar-refractivity contribution in [3.05, 3.63) is 41.5 Å². The number of benzene rings is 1. The Morgan fingerprint density at radius 1 is 1.02 bits per heavy atom. The van der Waals surface area contributed by atoms with Crippen LogP contribution in [0.4, 0.5) is 5.69 Å². The molecule has 40 heavy (non-hydrogen) atoms. The van der Waals surface area contributed by atoms with E-state index in [1.165, 1.54) is 18.7 Å². The van der Waals surface area contributed by atoms with E-state index in [2.05, 4.69) is 16.0 Å². The topological polar surface area (TPSA) is 177 Å². The minimum absolute atomic E-state index is 0.0861. The van der Waals surface area contributed by atoms with E-state index in [4.69, 9.17) is 10.5 Å². The smallest absolute Gasteiger partial charge is 0.260 e. The van der Waals surface area contributed by atoms with Crippen molar-refractivity contribution in [2.24, 2.45) is 5.73 Å². The molecule has 12 heteroatoms. The fourth-order valence-corrected chi connectivity index (χ4v) is 4.45. The van der Waals surface area contributed by atoms with Crippen LogP contribution in [-0.4, -0.2) is 78.1 Å². The Morgan fingerprint density at radius 3 is 2.33 bits per heavy atom. The van der Waals surface area contributed by atoms with Gasteiger partial charge in [0.2, 0.25) is 23.6 Å². The first-order valence-corrected chi connectivity index (χ1v) is 13.4. The predicted octanol–water partition coefficient (Wildman–Crippen LogP) is 0.811. The van der Waals surface area contributed by atoms with Gasteiger partial charge >= 0.3 is 0 Å². The maximum absolute atomic E-state index is 12.2. The van der Waals surface area contributed by atoms with E-state index in [1.807, 2.05) is 0 Å². The summed E-state index contributed by atoms with van der Waals surface area (Å²) in [7, 11) is 0. The van der Waals surface area contributed by atoms with Crippen molar-refractivity contribution < 1.29 is 33.5 Å². The molecule has 1 aliphatic carbocycles. The van der Waals surface area contributed by atoms with E-state index in [0.29, 0.717) is 55.6 Å². The zero-order chi connectivity index (χ0) is 29.2. The van der Waals surface area contributed by atoms with Crippen LogP contribution in [0.3, 0.4) is 0 Å². The highest BCUT2D eigenvalue weighted by Crippen LogP contribution is 2.22. The molecule has 0 saturated carbocycles. The van der Waals surface area contributed by atoms with E-state index in [0.717, 1.165) is 0 Å². The fraction of sp³-hybridized carbons (Fsp3) is 0.500. The molecule has 0 spiro atoms. The van der Waals surface area contributed by atoms with E-state index in [9.17, 15) is 28.8 Å². The second kappa shape index (κ2) is 14.5. The van der Waals surface area contributed by atoms with Crippen LogP contribution in [0, 0.1) is 0 Å². The van der Waals surface area contributed by atoms with Gasteiger partial charge in [-0.25, -0.2) is 0 Å². The molecule has 1 aliphatic heterocycles. The molecule has 0 radical (unpaired) electrons. The van der Waals surface area contributed by atoms with E-state index >= 15 is 0 Å². The standard InChI is InChI=1S/C28H37N5O7/c1-17(34)20-15-22(29)27(31-18(2)35)23(16-20)40-14-4-12-30-24(36)5-3-6-25(37)32-21-9-7-19(8-10-21)28(39)33-13-11-26(33)38/h7-10,16,22-23,27H,3-6,11-15,29H2,1-2H3,(H,30,36)(H,31,35)(H,32,37). The van der Waals surface area contributed by atoms with Crippen molar-refractivity contribution in [3.8, 4) is 0 Å². The number of rotatable bonds is 13. The number of likely N-dealkylation sites (tertiary alicyclic amines) is 1. The second-order valence-corrected chi connectivity index (χ2v) is 9.96. The highest BCUT2D eigenvalue weighted by molar-refractivity contribution is 6.07. The third-order valence-corrected chi connectivity index (χ3v) is 6.73. The predicted molar refractivity (Wildman–Crippen MR) is 146 cm³/mol. The van der Waals surface area contributed by atoms with E-state index in [1.54, 1.807) is 30.3 Å². The lowest BCUT2D eigenvalue weighted by Crippen LogP contribution is -2.56. The van der Waals surface area contributed by atoms with Crippen molar-refractivity contribution in [1.82, 2.24) is 15.5 Å². The summed E-state index contributed by atoms with van der Waals surface area (Å²) in [5.41, 5.74) is 7.63. The molecule has 12 nitrogen and oxygen atoms in total. The van der Waals surface area contributed by atoms with Gasteiger partial charge in [0.25, 0.3) is 5.91 Å². The van der Waals surface area contributed by atoms with Crippen LogP contribution >= 0.6 is 0 Å². The van der Waals surface area contributed by atoms with Crippen molar-refractivity contribution in [2.45, 2.75) is 70.6 Å². The van der Waals surface area contributed by atoms with Crippen molar-refractivity contribution >= 4 is 41.0 Å². The molecular formula is C28H37N5O7. The molecule has 3 rings (SSSR count). The van der Waals surface area contributed by atoms with Gasteiger partial charge in [0.1, 0.15) is 0 Å². The lowest BCUT2D eigenvalue weighted by Gasteiger charge is -2.35. The zero-order valence-corrected chi connectivity index (χ0v) is 22.9. The van der Waals surface area contributed by atoms with Crippen molar-refractivity contribution in [2.75, 3.05) is 25.0 Å². The van der Waals surface area contributed by atoms with Gasteiger partial charge in [-0.1, -0.05) is 0 Å². The number of imide groups is 1. The summed E-state index contributed by atoms with van der Waals surface area (Å²) in [6, 6.07) is 5.42. The molecule has 0 bridgehead atoms. The van der Waals surface area contributed by atoms with Gasteiger partial charge in [0.15, 0.2) is 5.78 Å². The number of hydrogen-bond acceptors (Lipinski definition) is 8. The normalized spacial score (nSPS) is 20.2. The number of ketones is 1. The lowest BCUT2D eigenvalue weighted by molar-refractivity contribution is -0.136. The van der Waals surface area contributed by atoms with E-state index in [-0.39, 0.29) is 54.8 Å². The number of amides is 5. The SMILES string of the molecule is CC(=O)NC1C(N)CC(C(C)=O)=CC1OCCCNC(=O)CCCC(=O)Nc1ccc(C(=O)N2CCC2=O)cc1. The molecule has 5 N–H and O–H groups in total.